The molecule has 0 saturated heterocycles. The molecule has 32 heavy (non-hydrogen) atoms. The molecule has 0 bridgehead atoms. The summed E-state index contributed by atoms with van der Waals surface area (Å²) < 4.78 is 0. The molecule has 4 rings (SSSR count). The highest BCUT2D eigenvalue weighted by Gasteiger charge is 2.21. The van der Waals surface area contributed by atoms with Crippen LogP contribution in [0.5, 0.6) is 0 Å². The highest BCUT2D eigenvalue weighted by atomic mass is 35.5. The number of pyridine rings is 2. The summed E-state index contributed by atoms with van der Waals surface area (Å²) in [4.78, 5) is 20.7. The van der Waals surface area contributed by atoms with Crippen LogP contribution in [0.15, 0.2) is 67.0 Å². The Kier molecular flexibility index (Phi) is 6.02. The van der Waals surface area contributed by atoms with Crippen LogP contribution in [0.4, 0.5) is 5.69 Å². The van der Waals surface area contributed by atoms with Gasteiger partial charge in [0.05, 0.1) is 23.1 Å². The van der Waals surface area contributed by atoms with Crippen LogP contribution in [0.3, 0.4) is 0 Å². The molecule has 0 aliphatic carbocycles. The molecule has 2 aromatic heterocycles. The van der Waals surface area contributed by atoms with Gasteiger partial charge in [-0.15, -0.1) is 0 Å². The summed E-state index contributed by atoms with van der Waals surface area (Å²) >= 11 is 6.12. The zero-order valence-corrected chi connectivity index (χ0v) is 18.1. The number of fused-ring (bicyclic) bond motifs is 1. The van der Waals surface area contributed by atoms with Crippen molar-refractivity contribution in [2.45, 2.75) is 19.4 Å². The van der Waals surface area contributed by atoms with E-state index >= 15 is 0 Å². The molecule has 0 aliphatic heterocycles. The van der Waals surface area contributed by atoms with Crippen LogP contribution in [-0.2, 0) is 4.79 Å². The average Bonchev–Trinajstić information content (AvgIpc) is 2.81. The van der Waals surface area contributed by atoms with Crippen LogP contribution in [0, 0.1) is 11.3 Å². The molecule has 158 valence electrons. The van der Waals surface area contributed by atoms with Gasteiger partial charge in [0.15, 0.2) is 0 Å². The Bertz CT molecular complexity index is 1350. The number of rotatable bonds is 6. The number of aromatic nitrogens is 2. The van der Waals surface area contributed by atoms with Gasteiger partial charge in [0.2, 0.25) is 5.91 Å². The van der Waals surface area contributed by atoms with Crippen molar-refractivity contribution in [3.8, 4) is 28.5 Å². The molecule has 0 fully saturated rings. The number of amides is 1. The third kappa shape index (κ3) is 4.11. The van der Waals surface area contributed by atoms with Gasteiger partial charge in [0.25, 0.3) is 0 Å². The van der Waals surface area contributed by atoms with Gasteiger partial charge in [-0.2, -0.15) is 5.26 Å². The number of anilines is 1. The summed E-state index contributed by atoms with van der Waals surface area (Å²) in [5.74, 6) is -0.483. The molecule has 3 N–H and O–H groups in total. The predicted octanol–water partition coefficient (Wildman–Crippen LogP) is 5.16. The Morgan fingerprint density at radius 3 is 2.56 bits per heavy atom. The second-order valence-electron chi connectivity index (χ2n) is 7.31. The van der Waals surface area contributed by atoms with E-state index in [1.54, 1.807) is 18.5 Å². The second-order valence-corrected chi connectivity index (χ2v) is 7.75. The van der Waals surface area contributed by atoms with Crippen molar-refractivity contribution in [1.82, 2.24) is 9.97 Å². The third-order valence-electron chi connectivity index (χ3n) is 5.29. The lowest BCUT2D eigenvalue weighted by Crippen LogP contribution is -2.35. The Morgan fingerprint density at radius 1 is 1.16 bits per heavy atom. The van der Waals surface area contributed by atoms with Crippen LogP contribution in [0.2, 0.25) is 5.02 Å². The van der Waals surface area contributed by atoms with Crippen molar-refractivity contribution < 1.29 is 4.79 Å². The largest absolute Gasteiger partial charge is 0.372 e. The van der Waals surface area contributed by atoms with Crippen LogP contribution in [0.1, 0.15) is 18.9 Å². The van der Waals surface area contributed by atoms with Crippen molar-refractivity contribution >= 4 is 34.1 Å². The fourth-order valence-corrected chi connectivity index (χ4v) is 3.81. The number of carbonyl (C=O) groups excluding carboxylic acids is 1. The zero-order chi connectivity index (χ0) is 22.7. The molecular weight excluding hydrogens is 422 g/mol. The minimum Gasteiger partial charge on any atom is -0.372 e. The maximum Gasteiger partial charge on any atom is 0.239 e. The lowest BCUT2D eigenvalue weighted by atomic mass is 9.98. The van der Waals surface area contributed by atoms with Crippen molar-refractivity contribution in [3.05, 3.63) is 77.6 Å². The SMILES string of the molecule is CC[C@@H](Nc1c(C#N)c(-c2ccc(-c3cccc(Cl)c3)cc2)nc2cnccc12)C(N)=O. The third-order valence-corrected chi connectivity index (χ3v) is 5.52. The van der Waals surface area contributed by atoms with E-state index in [0.717, 1.165) is 16.7 Å². The summed E-state index contributed by atoms with van der Waals surface area (Å²) in [6.07, 6.45) is 3.75. The van der Waals surface area contributed by atoms with Crippen LogP contribution >= 0.6 is 11.6 Å². The molecule has 2 heterocycles. The van der Waals surface area contributed by atoms with E-state index in [9.17, 15) is 10.1 Å². The smallest absolute Gasteiger partial charge is 0.239 e. The van der Waals surface area contributed by atoms with Gasteiger partial charge in [-0.3, -0.25) is 9.78 Å². The fraction of sp³-hybridized carbons (Fsp3) is 0.120. The lowest BCUT2D eigenvalue weighted by molar-refractivity contribution is -0.118. The van der Waals surface area contributed by atoms with E-state index in [2.05, 4.69) is 16.4 Å². The van der Waals surface area contributed by atoms with Gasteiger partial charge < -0.3 is 11.1 Å². The van der Waals surface area contributed by atoms with E-state index in [4.69, 9.17) is 22.3 Å². The molecular formula is C25H20ClN5O. The first-order valence-electron chi connectivity index (χ1n) is 10.1. The van der Waals surface area contributed by atoms with Gasteiger partial charge in [-0.05, 0) is 35.7 Å². The molecule has 0 aliphatic rings. The van der Waals surface area contributed by atoms with Crippen molar-refractivity contribution in [3.63, 3.8) is 0 Å². The number of primary amides is 1. The Hall–Kier alpha value is -3.95. The number of hydrogen-bond donors (Lipinski definition) is 2. The van der Waals surface area contributed by atoms with Gasteiger partial charge in [-0.1, -0.05) is 54.9 Å². The molecule has 0 radical (unpaired) electrons. The number of nitrogens with two attached hydrogens (primary N) is 1. The molecule has 2 aromatic carbocycles. The van der Waals surface area contributed by atoms with Crippen LogP contribution in [-0.4, -0.2) is 21.9 Å². The standard InChI is InChI=1S/C25H20ClN5O/c1-2-21(25(28)32)30-24-19-10-11-29-14-22(19)31-23(20(24)13-27)16-8-6-15(7-9-16)17-4-3-5-18(26)12-17/h3-12,14,21H,2H2,1H3,(H2,28,32)(H,30,31)/t21-/m1/s1. The monoisotopic (exact) mass is 441 g/mol. The molecule has 0 saturated carbocycles. The van der Waals surface area contributed by atoms with E-state index in [-0.39, 0.29) is 0 Å². The normalized spacial score (nSPS) is 11.7. The summed E-state index contributed by atoms with van der Waals surface area (Å²) in [5, 5.41) is 14.6. The van der Waals surface area contributed by atoms with Crippen LogP contribution in [0.25, 0.3) is 33.3 Å². The number of nitrogens with zero attached hydrogens (tertiary/aromatic N) is 3. The van der Waals surface area contributed by atoms with E-state index < -0.39 is 11.9 Å². The van der Waals surface area contributed by atoms with Gasteiger partial charge in [0.1, 0.15) is 17.7 Å². The summed E-state index contributed by atoms with van der Waals surface area (Å²) in [6, 6.07) is 18.8. The van der Waals surface area contributed by atoms with E-state index in [1.807, 2.05) is 55.5 Å². The van der Waals surface area contributed by atoms with Crippen molar-refractivity contribution in [1.29, 1.82) is 5.26 Å². The number of benzene rings is 2. The first kappa shape index (κ1) is 21.3. The first-order valence-corrected chi connectivity index (χ1v) is 10.5. The Balaban J connectivity index is 1.85. The first-order chi connectivity index (χ1) is 15.5. The number of nitriles is 1. The zero-order valence-electron chi connectivity index (χ0n) is 17.3. The lowest BCUT2D eigenvalue weighted by Gasteiger charge is -2.19. The topological polar surface area (TPSA) is 105 Å². The Labute approximate surface area is 190 Å². The maximum absolute atomic E-state index is 11.9. The number of nitrogens with one attached hydrogen (secondary N) is 1. The molecule has 1 atom stereocenters. The molecule has 7 heteroatoms. The van der Waals surface area contributed by atoms with Crippen LogP contribution < -0.4 is 11.1 Å². The number of halogens is 1. The predicted molar refractivity (Wildman–Crippen MR) is 127 cm³/mol. The van der Waals surface area contributed by atoms with E-state index in [0.29, 0.717) is 39.3 Å². The quantitative estimate of drug-likeness (QED) is 0.429. The van der Waals surface area contributed by atoms with Gasteiger partial charge in [-0.25, -0.2) is 4.98 Å². The van der Waals surface area contributed by atoms with Gasteiger partial charge in [0, 0.05) is 22.2 Å². The fourth-order valence-electron chi connectivity index (χ4n) is 3.62. The number of carbonyl (C=O) groups is 1. The minimum atomic E-state index is -0.612. The number of hydrogen-bond acceptors (Lipinski definition) is 5. The minimum absolute atomic E-state index is 0.346. The summed E-state index contributed by atoms with van der Waals surface area (Å²) in [6.45, 7) is 1.86. The molecule has 0 unspecified atom stereocenters. The van der Waals surface area contributed by atoms with Gasteiger partial charge >= 0.3 is 0 Å². The Morgan fingerprint density at radius 2 is 1.91 bits per heavy atom. The molecule has 6 nitrogen and oxygen atoms in total. The summed E-state index contributed by atoms with van der Waals surface area (Å²) in [5.41, 5.74) is 10.3. The molecule has 0 spiro atoms. The average molecular weight is 442 g/mol. The molecule has 1 amide bonds. The highest BCUT2D eigenvalue weighted by molar-refractivity contribution is 6.30. The van der Waals surface area contributed by atoms with E-state index in [1.165, 1.54) is 0 Å². The molecule has 4 aromatic rings. The maximum atomic E-state index is 11.9. The summed E-state index contributed by atoms with van der Waals surface area (Å²) in [7, 11) is 0. The highest BCUT2D eigenvalue weighted by Crippen LogP contribution is 2.35. The van der Waals surface area contributed by atoms with Crippen molar-refractivity contribution in [2.24, 2.45) is 5.73 Å². The second kappa shape index (κ2) is 9.04. The van der Waals surface area contributed by atoms with Crippen molar-refractivity contribution in [2.75, 3.05) is 5.32 Å².